The molecule has 6 heteroatoms. The average molecular weight is 353 g/mol. The summed E-state index contributed by atoms with van der Waals surface area (Å²) in [6, 6.07) is 15.0. The molecule has 0 aliphatic heterocycles. The highest BCUT2D eigenvalue weighted by molar-refractivity contribution is 6.34. The minimum Gasteiger partial charge on any atom is -0.340 e. The Kier molecular flexibility index (Phi) is 4.95. The third kappa shape index (κ3) is 4.14. The summed E-state index contributed by atoms with van der Waals surface area (Å²) >= 11 is 6.25. The molecule has 2 N–H and O–H groups in total. The summed E-state index contributed by atoms with van der Waals surface area (Å²) in [6.07, 6.45) is 1.35. The molecule has 2 aromatic carbocycles. The Bertz CT molecular complexity index is 889. The number of nitrogens with one attached hydrogen (secondary N) is 2. The molecule has 25 heavy (non-hydrogen) atoms. The van der Waals surface area contributed by atoms with E-state index in [4.69, 9.17) is 11.6 Å². The van der Waals surface area contributed by atoms with E-state index in [0.717, 1.165) is 16.8 Å². The second-order valence-corrected chi connectivity index (χ2v) is 6.08. The number of halogens is 1. The molecular formula is C19H17ClN4O. The molecule has 0 unspecified atom stereocenters. The first-order valence-electron chi connectivity index (χ1n) is 7.75. The fourth-order valence-electron chi connectivity index (χ4n) is 2.47. The zero-order valence-electron chi connectivity index (χ0n) is 13.9. The fourth-order valence-corrected chi connectivity index (χ4v) is 2.84. The molecule has 126 valence electrons. The Hall–Kier alpha value is -2.92. The van der Waals surface area contributed by atoms with Gasteiger partial charge in [-0.15, -0.1) is 0 Å². The van der Waals surface area contributed by atoms with Crippen molar-refractivity contribution in [2.24, 2.45) is 0 Å². The molecule has 1 aromatic heterocycles. The van der Waals surface area contributed by atoms with E-state index in [1.165, 1.54) is 6.33 Å². The summed E-state index contributed by atoms with van der Waals surface area (Å²) in [5, 5.41) is 6.46. The molecule has 0 aliphatic carbocycles. The van der Waals surface area contributed by atoms with Crippen molar-refractivity contribution in [1.29, 1.82) is 0 Å². The summed E-state index contributed by atoms with van der Waals surface area (Å²) in [7, 11) is 0. The van der Waals surface area contributed by atoms with Gasteiger partial charge in [0.2, 0.25) is 0 Å². The molecule has 0 bridgehead atoms. The highest BCUT2D eigenvalue weighted by Crippen LogP contribution is 2.27. The number of para-hydroxylation sites is 1. The van der Waals surface area contributed by atoms with E-state index >= 15 is 0 Å². The average Bonchev–Trinajstić information content (AvgIpc) is 2.59. The van der Waals surface area contributed by atoms with Crippen molar-refractivity contribution in [3.63, 3.8) is 0 Å². The van der Waals surface area contributed by atoms with Gasteiger partial charge in [-0.2, -0.15) is 0 Å². The highest BCUT2D eigenvalue weighted by Gasteiger charge is 2.13. The Morgan fingerprint density at radius 1 is 1.04 bits per heavy atom. The molecule has 0 saturated heterocycles. The molecule has 0 saturated carbocycles. The third-order valence-electron chi connectivity index (χ3n) is 3.62. The monoisotopic (exact) mass is 352 g/mol. The van der Waals surface area contributed by atoms with Crippen LogP contribution in [0.15, 0.2) is 54.9 Å². The normalized spacial score (nSPS) is 10.4. The van der Waals surface area contributed by atoms with E-state index in [-0.39, 0.29) is 11.6 Å². The number of benzene rings is 2. The summed E-state index contributed by atoms with van der Waals surface area (Å²) in [5.74, 6) is 0.199. The molecule has 3 aromatic rings. The standard InChI is InChI=1S/C19H17ClN4O/c1-12-8-13(2)18(15(20)9-12)24-19(25)16-10-17(22-11-21-16)23-14-6-4-3-5-7-14/h3-11H,1-2H3,(H,24,25)(H,21,22,23). The molecule has 0 radical (unpaired) electrons. The first-order valence-corrected chi connectivity index (χ1v) is 8.13. The van der Waals surface area contributed by atoms with Gasteiger partial charge in [0.1, 0.15) is 17.8 Å². The van der Waals surface area contributed by atoms with Crippen LogP contribution in [-0.2, 0) is 0 Å². The zero-order chi connectivity index (χ0) is 17.8. The summed E-state index contributed by atoms with van der Waals surface area (Å²) < 4.78 is 0. The lowest BCUT2D eigenvalue weighted by Crippen LogP contribution is -2.15. The van der Waals surface area contributed by atoms with Crippen LogP contribution in [0.4, 0.5) is 17.2 Å². The molecule has 0 fully saturated rings. The molecule has 3 rings (SSSR count). The van der Waals surface area contributed by atoms with Crippen molar-refractivity contribution in [2.75, 3.05) is 10.6 Å². The van der Waals surface area contributed by atoms with E-state index in [9.17, 15) is 4.79 Å². The maximum Gasteiger partial charge on any atom is 0.274 e. The van der Waals surface area contributed by atoms with Crippen LogP contribution in [0.1, 0.15) is 21.6 Å². The van der Waals surface area contributed by atoms with Gasteiger partial charge in [0, 0.05) is 11.8 Å². The van der Waals surface area contributed by atoms with E-state index in [2.05, 4.69) is 20.6 Å². The third-order valence-corrected chi connectivity index (χ3v) is 3.91. The number of aromatic nitrogens is 2. The van der Waals surface area contributed by atoms with Crippen molar-refractivity contribution in [2.45, 2.75) is 13.8 Å². The smallest absolute Gasteiger partial charge is 0.274 e. The Morgan fingerprint density at radius 3 is 2.52 bits per heavy atom. The van der Waals surface area contributed by atoms with Gasteiger partial charge in [0.25, 0.3) is 5.91 Å². The van der Waals surface area contributed by atoms with Crippen LogP contribution in [0.25, 0.3) is 0 Å². The van der Waals surface area contributed by atoms with Crippen molar-refractivity contribution in [3.05, 3.63) is 76.7 Å². The Labute approximate surface area is 151 Å². The first-order chi connectivity index (χ1) is 12.0. The second kappa shape index (κ2) is 7.32. The highest BCUT2D eigenvalue weighted by atomic mass is 35.5. The quantitative estimate of drug-likeness (QED) is 0.711. The number of rotatable bonds is 4. The van der Waals surface area contributed by atoms with E-state index in [0.29, 0.717) is 16.5 Å². The lowest BCUT2D eigenvalue weighted by molar-refractivity contribution is 0.102. The van der Waals surface area contributed by atoms with Gasteiger partial charge in [-0.05, 0) is 43.2 Å². The predicted molar refractivity (Wildman–Crippen MR) is 101 cm³/mol. The molecule has 5 nitrogen and oxygen atoms in total. The van der Waals surface area contributed by atoms with E-state index in [1.54, 1.807) is 6.07 Å². The topological polar surface area (TPSA) is 66.9 Å². The van der Waals surface area contributed by atoms with Crippen LogP contribution >= 0.6 is 11.6 Å². The molecule has 0 spiro atoms. The van der Waals surface area contributed by atoms with E-state index in [1.807, 2.05) is 56.3 Å². The number of carbonyl (C=O) groups is 1. The van der Waals surface area contributed by atoms with Gasteiger partial charge in [-0.3, -0.25) is 4.79 Å². The number of anilines is 3. The number of carbonyl (C=O) groups excluding carboxylic acids is 1. The summed E-state index contributed by atoms with van der Waals surface area (Å²) in [4.78, 5) is 20.7. The van der Waals surface area contributed by atoms with E-state index < -0.39 is 0 Å². The van der Waals surface area contributed by atoms with Crippen molar-refractivity contribution < 1.29 is 4.79 Å². The molecule has 0 aliphatic rings. The summed E-state index contributed by atoms with van der Waals surface area (Å²) in [6.45, 7) is 3.85. The number of aryl methyl sites for hydroxylation is 2. The summed E-state index contributed by atoms with van der Waals surface area (Å²) in [5.41, 5.74) is 3.66. The zero-order valence-corrected chi connectivity index (χ0v) is 14.6. The molecule has 0 atom stereocenters. The predicted octanol–water partition coefficient (Wildman–Crippen LogP) is 4.74. The van der Waals surface area contributed by atoms with Crippen LogP contribution in [-0.4, -0.2) is 15.9 Å². The number of hydrogen-bond donors (Lipinski definition) is 2. The van der Waals surface area contributed by atoms with Crippen LogP contribution in [0.3, 0.4) is 0 Å². The van der Waals surface area contributed by atoms with Gasteiger partial charge < -0.3 is 10.6 Å². The van der Waals surface area contributed by atoms with Crippen LogP contribution < -0.4 is 10.6 Å². The lowest BCUT2D eigenvalue weighted by atomic mass is 10.1. The first kappa shape index (κ1) is 16.9. The number of hydrogen-bond acceptors (Lipinski definition) is 4. The van der Waals surface area contributed by atoms with Gasteiger partial charge in [0.05, 0.1) is 10.7 Å². The minimum atomic E-state index is -0.340. The minimum absolute atomic E-state index is 0.254. The maximum absolute atomic E-state index is 12.5. The van der Waals surface area contributed by atoms with Crippen LogP contribution in [0, 0.1) is 13.8 Å². The number of amides is 1. The molecule has 1 amide bonds. The van der Waals surface area contributed by atoms with Crippen molar-refractivity contribution in [1.82, 2.24) is 9.97 Å². The van der Waals surface area contributed by atoms with Crippen molar-refractivity contribution >= 4 is 34.7 Å². The van der Waals surface area contributed by atoms with Crippen molar-refractivity contribution in [3.8, 4) is 0 Å². The van der Waals surface area contributed by atoms with Gasteiger partial charge in [-0.25, -0.2) is 9.97 Å². The number of nitrogens with zero attached hydrogens (tertiary/aromatic N) is 2. The van der Waals surface area contributed by atoms with Gasteiger partial charge in [0.15, 0.2) is 0 Å². The molecule has 1 heterocycles. The van der Waals surface area contributed by atoms with Gasteiger partial charge >= 0.3 is 0 Å². The van der Waals surface area contributed by atoms with Crippen LogP contribution in [0.5, 0.6) is 0 Å². The maximum atomic E-state index is 12.5. The fraction of sp³-hybridized carbons (Fsp3) is 0.105. The Balaban J connectivity index is 1.80. The largest absolute Gasteiger partial charge is 0.340 e. The lowest BCUT2D eigenvalue weighted by Gasteiger charge is -2.12. The van der Waals surface area contributed by atoms with Crippen LogP contribution in [0.2, 0.25) is 5.02 Å². The second-order valence-electron chi connectivity index (χ2n) is 5.67. The van der Waals surface area contributed by atoms with Gasteiger partial charge in [-0.1, -0.05) is 35.9 Å². The molecular weight excluding hydrogens is 336 g/mol. The Morgan fingerprint density at radius 2 is 1.80 bits per heavy atom. The SMILES string of the molecule is Cc1cc(C)c(NC(=O)c2cc(Nc3ccccc3)ncn2)c(Cl)c1.